The number of ether oxygens (including phenoxy) is 1. The van der Waals surface area contributed by atoms with Gasteiger partial charge in [0.15, 0.2) is 12.6 Å². The third kappa shape index (κ3) is 6.18. The van der Waals surface area contributed by atoms with Gasteiger partial charge in [0, 0.05) is 19.6 Å². The van der Waals surface area contributed by atoms with Crippen LogP contribution in [0, 0.1) is 5.92 Å². The number of guanidine groups is 1. The van der Waals surface area contributed by atoms with Gasteiger partial charge in [0.25, 0.3) is 5.91 Å². The summed E-state index contributed by atoms with van der Waals surface area (Å²) in [5.41, 5.74) is 6.65. The summed E-state index contributed by atoms with van der Waals surface area (Å²) in [4.78, 5) is 18.1. The molecule has 3 N–H and O–H groups in total. The van der Waals surface area contributed by atoms with E-state index in [0.29, 0.717) is 25.0 Å². The lowest BCUT2D eigenvalue weighted by Crippen LogP contribution is -2.39. The van der Waals surface area contributed by atoms with Crippen molar-refractivity contribution in [3.8, 4) is 5.75 Å². The summed E-state index contributed by atoms with van der Waals surface area (Å²) in [5, 5.41) is 3.10. The number of aliphatic imine (C=N–C) groups is 1. The van der Waals surface area contributed by atoms with Crippen LogP contribution in [0.4, 0.5) is 5.69 Å². The Hall–Kier alpha value is -1.51. The number of carbonyl (C=O) groups excluding carboxylic acids is 1. The third-order valence-electron chi connectivity index (χ3n) is 3.66. The largest absolute Gasteiger partial charge is 0.482 e. The quantitative estimate of drug-likeness (QED) is 0.292. The van der Waals surface area contributed by atoms with Crippen molar-refractivity contribution in [1.29, 1.82) is 0 Å². The van der Waals surface area contributed by atoms with E-state index in [2.05, 4.69) is 24.2 Å². The molecule has 1 aliphatic heterocycles. The molecule has 24 heavy (non-hydrogen) atoms. The Morgan fingerprint density at radius 3 is 2.92 bits per heavy atom. The number of halogens is 1. The van der Waals surface area contributed by atoms with E-state index in [1.165, 1.54) is 0 Å². The number of nitrogens with one attached hydrogen (secondary N) is 1. The van der Waals surface area contributed by atoms with E-state index in [1.807, 2.05) is 24.3 Å². The molecule has 1 aromatic carbocycles. The molecule has 1 aliphatic rings. The second kappa shape index (κ2) is 10.4. The summed E-state index contributed by atoms with van der Waals surface area (Å²) >= 11 is 0. The monoisotopic (exact) mass is 446 g/mol. The summed E-state index contributed by atoms with van der Waals surface area (Å²) in [6.45, 7) is 6.48. The molecule has 0 spiro atoms. The van der Waals surface area contributed by atoms with Crippen molar-refractivity contribution >= 4 is 41.5 Å². The molecule has 0 saturated carbocycles. The van der Waals surface area contributed by atoms with Gasteiger partial charge in [-0.2, -0.15) is 0 Å². The van der Waals surface area contributed by atoms with Gasteiger partial charge < -0.3 is 20.7 Å². The Morgan fingerprint density at radius 2 is 2.17 bits per heavy atom. The minimum atomic E-state index is -0.0179. The molecule has 0 unspecified atom stereocenters. The minimum Gasteiger partial charge on any atom is -0.482 e. The highest BCUT2D eigenvalue weighted by Crippen LogP contribution is 2.31. The fourth-order valence-electron chi connectivity index (χ4n) is 2.37. The first-order chi connectivity index (χ1) is 11.1. The number of hydrogen-bond donors (Lipinski definition) is 2. The number of benzene rings is 1. The molecule has 134 valence electrons. The van der Waals surface area contributed by atoms with Gasteiger partial charge in [-0.05, 0) is 30.9 Å². The second-order valence-corrected chi connectivity index (χ2v) is 6.03. The van der Waals surface area contributed by atoms with Crippen LogP contribution in [0.5, 0.6) is 5.75 Å². The number of amides is 1. The van der Waals surface area contributed by atoms with E-state index in [9.17, 15) is 4.79 Å². The average Bonchev–Trinajstić information content (AvgIpc) is 2.52. The number of rotatable bonds is 7. The van der Waals surface area contributed by atoms with E-state index in [-0.39, 0.29) is 36.5 Å². The van der Waals surface area contributed by atoms with Gasteiger partial charge >= 0.3 is 0 Å². The van der Waals surface area contributed by atoms with Crippen molar-refractivity contribution in [1.82, 2.24) is 5.32 Å². The Kier molecular flexibility index (Phi) is 8.88. The van der Waals surface area contributed by atoms with Gasteiger partial charge in [0.05, 0.1) is 5.69 Å². The molecule has 0 saturated heterocycles. The molecular formula is C17H27IN4O2. The molecule has 2 rings (SSSR count). The first-order valence-corrected chi connectivity index (χ1v) is 8.14. The van der Waals surface area contributed by atoms with E-state index >= 15 is 0 Å². The lowest BCUT2D eigenvalue weighted by molar-refractivity contribution is -0.121. The molecule has 0 aliphatic carbocycles. The smallest absolute Gasteiger partial charge is 0.265 e. The molecule has 0 radical (unpaired) electrons. The first-order valence-electron chi connectivity index (χ1n) is 8.14. The van der Waals surface area contributed by atoms with E-state index in [4.69, 9.17) is 10.5 Å². The third-order valence-corrected chi connectivity index (χ3v) is 3.66. The zero-order valence-electron chi connectivity index (χ0n) is 14.3. The molecule has 1 heterocycles. The maximum Gasteiger partial charge on any atom is 0.265 e. The zero-order valence-corrected chi connectivity index (χ0v) is 16.7. The average molecular weight is 446 g/mol. The molecule has 1 amide bonds. The van der Waals surface area contributed by atoms with Crippen LogP contribution >= 0.6 is 24.0 Å². The predicted octanol–water partition coefficient (Wildman–Crippen LogP) is 2.37. The highest BCUT2D eigenvalue weighted by atomic mass is 127. The van der Waals surface area contributed by atoms with Crippen molar-refractivity contribution in [2.24, 2.45) is 16.6 Å². The van der Waals surface area contributed by atoms with Gasteiger partial charge in [-0.1, -0.05) is 26.0 Å². The van der Waals surface area contributed by atoms with Gasteiger partial charge in [-0.25, -0.2) is 0 Å². The van der Waals surface area contributed by atoms with Crippen LogP contribution in [0.25, 0.3) is 0 Å². The number of hydrogen-bond acceptors (Lipinski definition) is 3. The lowest BCUT2D eigenvalue weighted by Gasteiger charge is -2.29. The molecule has 0 fully saturated rings. The lowest BCUT2D eigenvalue weighted by atomic mass is 10.1. The summed E-state index contributed by atoms with van der Waals surface area (Å²) in [6.07, 6.45) is 1.82. The first kappa shape index (κ1) is 20.5. The van der Waals surface area contributed by atoms with Gasteiger partial charge in [0.2, 0.25) is 0 Å². The Bertz CT molecular complexity index is 563. The maximum absolute atomic E-state index is 12.0. The van der Waals surface area contributed by atoms with Crippen LogP contribution in [0.2, 0.25) is 0 Å². The Morgan fingerprint density at radius 1 is 1.42 bits per heavy atom. The highest BCUT2D eigenvalue weighted by Gasteiger charge is 2.24. The van der Waals surface area contributed by atoms with Crippen molar-refractivity contribution < 1.29 is 9.53 Å². The topological polar surface area (TPSA) is 80.0 Å². The van der Waals surface area contributed by atoms with Gasteiger partial charge in [-0.3, -0.25) is 9.79 Å². The molecule has 0 bridgehead atoms. The Balaban J connectivity index is 0.00000288. The number of nitrogens with two attached hydrogens (primary N) is 1. The van der Waals surface area contributed by atoms with Crippen LogP contribution < -0.4 is 20.7 Å². The van der Waals surface area contributed by atoms with E-state index in [0.717, 1.165) is 30.8 Å². The predicted molar refractivity (Wildman–Crippen MR) is 108 cm³/mol. The Labute approximate surface area is 160 Å². The van der Waals surface area contributed by atoms with Gasteiger partial charge in [-0.15, -0.1) is 24.0 Å². The number of nitrogens with zero attached hydrogens (tertiary/aromatic N) is 2. The fraction of sp³-hybridized carbons (Fsp3) is 0.529. The summed E-state index contributed by atoms with van der Waals surface area (Å²) in [7, 11) is 0. The number of anilines is 1. The van der Waals surface area contributed by atoms with E-state index < -0.39 is 0 Å². The number of fused-ring (bicyclic) bond motifs is 1. The molecule has 0 aromatic heterocycles. The van der Waals surface area contributed by atoms with Crippen molar-refractivity contribution in [2.45, 2.75) is 26.7 Å². The standard InChI is InChI=1S/C17H26N4O2.HI/c1-13(2)8-10-20-17(18)19-9-5-11-21-14-6-3-4-7-15(14)23-12-16(21)22;/h3-4,6-7,13H,5,8-12H2,1-2H3,(H3,18,19,20);1H. The number of para-hydroxylation sites is 2. The highest BCUT2D eigenvalue weighted by molar-refractivity contribution is 14.0. The minimum absolute atomic E-state index is 0. The SMILES string of the molecule is CC(C)CCNC(N)=NCCCN1C(=O)COc2ccccc21.I. The van der Waals surface area contributed by atoms with Crippen LogP contribution in [0.3, 0.4) is 0 Å². The summed E-state index contributed by atoms with van der Waals surface area (Å²) in [6, 6.07) is 7.59. The van der Waals surface area contributed by atoms with Crippen molar-refractivity contribution in [3.63, 3.8) is 0 Å². The second-order valence-electron chi connectivity index (χ2n) is 6.03. The van der Waals surface area contributed by atoms with Crippen molar-refractivity contribution in [2.75, 3.05) is 31.1 Å². The van der Waals surface area contributed by atoms with Crippen LogP contribution in [-0.2, 0) is 4.79 Å². The van der Waals surface area contributed by atoms with Crippen molar-refractivity contribution in [3.05, 3.63) is 24.3 Å². The molecule has 7 heteroatoms. The summed E-state index contributed by atoms with van der Waals surface area (Å²) < 4.78 is 5.43. The maximum atomic E-state index is 12.0. The van der Waals surface area contributed by atoms with E-state index in [1.54, 1.807) is 4.90 Å². The normalized spacial score (nSPS) is 14.0. The molecule has 1 aromatic rings. The van der Waals surface area contributed by atoms with Crippen LogP contribution in [0.1, 0.15) is 26.7 Å². The fourth-order valence-corrected chi connectivity index (χ4v) is 2.37. The molecular weight excluding hydrogens is 419 g/mol. The number of carbonyl (C=O) groups is 1. The summed E-state index contributed by atoms with van der Waals surface area (Å²) in [5.74, 6) is 1.85. The molecule has 0 atom stereocenters. The molecule has 6 nitrogen and oxygen atoms in total. The van der Waals surface area contributed by atoms with Crippen LogP contribution in [-0.4, -0.2) is 38.1 Å². The van der Waals surface area contributed by atoms with Gasteiger partial charge in [0.1, 0.15) is 5.75 Å². The zero-order chi connectivity index (χ0) is 16.7. The van der Waals surface area contributed by atoms with Crippen LogP contribution in [0.15, 0.2) is 29.3 Å².